The number of terminal acetylenes is 1. The fourth-order valence-electron chi connectivity index (χ4n) is 4.17. The number of urea groups is 1. The molecular formula is C23H28ClN5OS. The molecule has 1 aromatic heterocycles. The Hall–Kier alpha value is -2.11. The van der Waals surface area contributed by atoms with E-state index in [0.29, 0.717) is 22.1 Å². The van der Waals surface area contributed by atoms with Crippen LogP contribution in [0.4, 0.5) is 9.93 Å². The van der Waals surface area contributed by atoms with Crippen LogP contribution in [0.1, 0.15) is 31.0 Å². The number of anilines is 1. The zero-order valence-corrected chi connectivity index (χ0v) is 19.3. The van der Waals surface area contributed by atoms with E-state index in [9.17, 15) is 4.79 Å². The number of hydrogen-bond acceptors (Lipinski definition) is 5. The minimum Gasteiger partial charge on any atom is -0.328 e. The van der Waals surface area contributed by atoms with E-state index in [1.54, 1.807) is 0 Å². The van der Waals surface area contributed by atoms with Crippen LogP contribution in [-0.2, 0) is 5.41 Å². The SMILES string of the molecule is C#CC(C)(c1ccc(Cl)cc1)c1csc(NC(=O)N2CC(CN3CCC(N)CC3)C2)n1. The predicted octanol–water partition coefficient (Wildman–Crippen LogP) is 3.62. The van der Waals surface area contributed by atoms with Gasteiger partial charge in [0.25, 0.3) is 0 Å². The molecule has 8 heteroatoms. The monoisotopic (exact) mass is 457 g/mol. The van der Waals surface area contributed by atoms with Crippen molar-refractivity contribution < 1.29 is 4.79 Å². The average molecular weight is 458 g/mol. The van der Waals surface area contributed by atoms with E-state index in [1.165, 1.54) is 11.3 Å². The fraction of sp³-hybridized carbons (Fsp3) is 0.478. The van der Waals surface area contributed by atoms with Crippen molar-refractivity contribution in [3.63, 3.8) is 0 Å². The fourth-order valence-corrected chi connectivity index (χ4v) is 5.11. The van der Waals surface area contributed by atoms with E-state index < -0.39 is 5.41 Å². The maximum Gasteiger partial charge on any atom is 0.323 e. The third kappa shape index (κ3) is 4.88. The van der Waals surface area contributed by atoms with Gasteiger partial charge in [0.05, 0.1) is 11.1 Å². The first kappa shape index (κ1) is 22.1. The summed E-state index contributed by atoms with van der Waals surface area (Å²) in [6.07, 6.45) is 8.00. The molecule has 2 aliphatic rings. The molecule has 0 radical (unpaired) electrons. The van der Waals surface area contributed by atoms with Crippen LogP contribution in [0.3, 0.4) is 0 Å². The highest BCUT2D eigenvalue weighted by atomic mass is 35.5. The topological polar surface area (TPSA) is 74.5 Å². The number of rotatable bonds is 5. The molecule has 1 unspecified atom stereocenters. The molecule has 1 atom stereocenters. The van der Waals surface area contributed by atoms with E-state index in [1.807, 2.05) is 41.5 Å². The van der Waals surface area contributed by atoms with Gasteiger partial charge in [-0.2, -0.15) is 0 Å². The number of piperidine rings is 1. The lowest BCUT2D eigenvalue weighted by Crippen LogP contribution is -2.56. The maximum absolute atomic E-state index is 12.6. The molecular weight excluding hydrogens is 430 g/mol. The number of nitrogens with zero attached hydrogens (tertiary/aromatic N) is 3. The number of carbonyl (C=O) groups excluding carboxylic acids is 1. The van der Waals surface area contributed by atoms with Crippen molar-refractivity contribution in [2.45, 2.75) is 31.2 Å². The maximum atomic E-state index is 12.6. The van der Waals surface area contributed by atoms with Crippen molar-refractivity contribution in [3.05, 3.63) is 45.9 Å². The minimum absolute atomic E-state index is 0.105. The molecule has 2 amide bonds. The number of amides is 2. The molecule has 2 saturated heterocycles. The van der Waals surface area contributed by atoms with Crippen LogP contribution < -0.4 is 11.1 Å². The zero-order valence-electron chi connectivity index (χ0n) is 17.7. The number of likely N-dealkylation sites (tertiary alicyclic amines) is 2. The van der Waals surface area contributed by atoms with Gasteiger partial charge < -0.3 is 15.5 Å². The molecule has 2 aromatic rings. The van der Waals surface area contributed by atoms with Crippen molar-refractivity contribution in [2.24, 2.45) is 11.7 Å². The molecule has 3 heterocycles. The van der Waals surface area contributed by atoms with Gasteiger partial charge in [0.1, 0.15) is 0 Å². The molecule has 0 bridgehead atoms. The number of carbonyl (C=O) groups is 1. The van der Waals surface area contributed by atoms with Crippen LogP contribution in [0, 0.1) is 18.3 Å². The van der Waals surface area contributed by atoms with Crippen molar-refractivity contribution >= 4 is 34.1 Å². The van der Waals surface area contributed by atoms with Crippen molar-refractivity contribution in [3.8, 4) is 12.3 Å². The van der Waals surface area contributed by atoms with Gasteiger partial charge in [-0.25, -0.2) is 9.78 Å². The van der Waals surface area contributed by atoms with Gasteiger partial charge in [0.2, 0.25) is 0 Å². The van der Waals surface area contributed by atoms with Crippen molar-refractivity contribution in [2.75, 3.05) is 38.0 Å². The highest BCUT2D eigenvalue weighted by Gasteiger charge is 2.34. The number of hydrogen-bond donors (Lipinski definition) is 2. The molecule has 164 valence electrons. The summed E-state index contributed by atoms with van der Waals surface area (Å²) in [5.74, 6) is 3.38. The van der Waals surface area contributed by atoms with E-state index in [-0.39, 0.29) is 6.03 Å². The second-order valence-corrected chi connectivity index (χ2v) is 9.95. The molecule has 31 heavy (non-hydrogen) atoms. The first-order valence-corrected chi connectivity index (χ1v) is 11.9. The van der Waals surface area contributed by atoms with Crippen LogP contribution in [0.5, 0.6) is 0 Å². The van der Waals surface area contributed by atoms with E-state index in [2.05, 4.69) is 21.1 Å². The molecule has 2 aliphatic heterocycles. The summed E-state index contributed by atoms with van der Waals surface area (Å²) in [4.78, 5) is 21.5. The Labute approximate surface area is 192 Å². The second-order valence-electron chi connectivity index (χ2n) is 8.65. The summed E-state index contributed by atoms with van der Waals surface area (Å²) in [5.41, 5.74) is 6.96. The molecule has 4 rings (SSSR count). The van der Waals surface area contributed by atoms with Gasteiger partial charge in [-0.1, -0.05) is 29.7 Å². The van der Waals surface area contributed by atoms with Gasteiger partial charge in [0.15, 0.2) is 5.13 Å². The van der Waals surface area contributed by atoms with Crippen LogP contribution in [0.15, 0.2) is 29.6 Å². The van der Waals surface area contributed by atoms with Gasteiger partial charge in [-0.05, 0) is 50.6 Å². The second kappa shape index (κ2) is 9.17. The Morgan fingerprint density at radius 3 is 2.68 bits per heavy atom. The number of aromatic nitrogens is 1. The van der Waals surface area contributed by atoms with E-state index in [4.69, 9.17) is 23.8 Å². The summed E-state index contributed by atoms with van der Waals surface area (Å²) < 4.78 is 0. The zero-order chi connectivity index (χ0) is 22.0. The summed E-state index contributed by atoms with van der Waals surface area (Å²) >= 11 is 7.39. The highest BCUT2D eigenvalue weighted by Crippen LogP contribution is 2.34. The Morgan fingerprint density at radius 2 is 2.03 bits per heavy atom. The Balaban J connectivity index is 1.31. The van der Waals surface area contributed by atoms with Gasteiger partial charge >= 0.3 is 6.03 Å². The number of thiazole rings is 1. The number of nitrogens with two attached hydrogens (primary N) is 1. The Bertz CT molecular complexity index is 957. The highest BCUT2D eigenvalue weighted by molar-refractivity contribution is 7.14. The summed E-state index contributed by atoms with van der Waals surface area (Å²) in [6, 6.07) is 7.71. The van der Waals surface area contributed by atoms with Crippen LogP contribution >= 0.6 is 22.9 Å². The molecule has 0 spiro atoms. The molecule has 1 aromatic carbocycles. The largest absolute Gasteiger partial charge is 0.328 e. The van der Waals surface area contributed by atoms with Crippen LogP contribution in [0.25, 0.3) is 0 Å². The van der Waals surface area contributed by atoms with Crippen LogP contribution in [0.2, 0.25) is 5.02 Å². The Morgan fingerprint density at radius 1 is 1.35 bits per heavy atom. The Kier molecular flexibility index (Phi) is 6.54. The van der Waals surface area contributed by atoms with E-state index in [0.717, 1.165) is 56.8 Å². The predicted molar refractivity (Wildman–Crippen MR) is 127 cm³/mol. The number of benzene rings is 1. The third-order valence-electron chi connectivity index (χ3n) is 6.33. The molecule has 2 fully saturated rings. The lowest BCUT2D eigenvalue weighted by Gasteiger charge is -2.42. The summed E-state index contributed by atoms with van der Waals surface area (Å²) in [7, 11) is 0. The minimum atomic E-state index is -0.692. The number of nitrogens with one attached hydrogen (secondary N) is 1. The van der Waals surface area contributed by atoms with Gasteiger partial charge in [0, 0.05) is 42.0 Å². The van der Waals surface area contributed by atoms with Gasteiger partial charge in [-0.15, -0.1) is 17.8 Å². The van der Waals surface area contributed by atoms with Gasteiger partial charge in [-0.3, -0.25) is 5.32 Å². The first-order chi connectivity index (χ1) is 14.9. The molecule has 0 saturated carbocycles. The lowest BCUT2D eigenvalue weighted by molar-refractivity contribution is 0.0865. The summed E-state index contributed by atoms with van der Waals surface area (Å²) in [6.45, 7) is 6.67. The standard InChI is InChI=1S/C23H28ClN5OS/c1-3-23(2,17-4-6-18(24)7-5-17)20-15-31-21(26-20)27-22(30)29-13-16(14-29)12-28-10-8-19(25)9-11-28/h1,4-7,15-16,19H,8-14,25H2,2H3,(H,26,27,30). The molecule has 3 N–H and O–H groups in total. The summed E-state index contributed by atoms with van der Waals surface area (Å²) in [5, 5.41) is 6.05. The third-order valence-corrected chi connectivity index (χ3v) is 7.34. The molecule has 6 nitrogen and oxygen atoms in total. The van der Waals surface area contributed by atoms with E-state index >= 15 is 0 Å². The van der Waals surface area contributed by atoms with Crippen molar-refractivity contribution in [1.29, 1.82) is 0 Å². The quantitative estimate of drug-likeness (QED) is 0.672. The first-order valence-electron chi connectivity index (χ1n) is 10.6. The number of halogens is 1. The lowest BCUT2D eigenvalue weighted by atomic mass is 9.81. The smallest absolute Gasteiger partial charge is 0.323 e. The average Bonchev–Trinajstić information content (AvgIpc) is 3.20. The normalized spacial score (nSPS) is 20.0. The van der Waals surface area contributed by atoms with Crippen LogP contribution in [-0.4, -0.2) is 59.6 Å². The molecule has 0 aliphatic carbocycles. The van der Waals surface area contributed by atoms with Crippen molar-refractivity contribution in [1.82, 2.24) is 14.8 Å².